The van der Waals surface area contributed by atoms with Crippen LogP contribution in [0, 0.1) is 11.7 Å². The van der Waals surface area contributed by atoms with Crippen molar-refractivity contribution in [3.05, 3.63) is 30.1 Å². The fraction of sp³-hybridized carbons (Fsp3) is 0.650. The van der Waals surface area contributed by atoms with Crippen LogP contribution in [-0.4, -0.2) is 81.8 Å². The van der Waals surface area contributed by atoms with E-state index in [4.69, 9.17) is 4.74 Å². The Morgan fingerprint density at radius 3 is 2.56 bits per heavy atom. The van der Waals surface area contributed by atoms with Crippen molar-refractivity contribution in [1.29, 1.82) is 0 Å². The first-order chi connectivity index (χ1) is 13.0. The third-order valence-electron chi connectivity index (χ3n) is 4.70. The maximum absolute atomic E-state index is 13.2. The molecule has 0 aliphatic carbocycles. The Morgan fingerprint density at radius 2 is 1.89 bits per heavy atom. The summed E-state index contributed by atoms with van der Waals surface area (Å²) in [7, 11) is 3.94. The highest BCUT2D eigenvalue weighted by Gasteiger charge is 2.16. The summed E-state index contributed by atoms with van der Waals surface area (Å²) >= 11 is 0. The lowest BCUT2D eigenvalue weighted by molar-refractivity contribution is 0.139. The van der Waals surface area contributed by atoms with Crippen LogP contribution in [0.15, 0.2) is 29.3 Å². The third-order valence-corrected chi connectivity index (χ3v) is 4.70. The van der Waals surface area contributed by atoms with E-state index >= 15 is 0 Å². The van der Waals surface area contributed by atoms with Crippen LogP contribution in [0.5, 0.6) is 5.75 Å². The fourth-order valence-electron chi connectivity index (χ4n) is 3.08. The van der Waals surface area contributed by atoms with Gasteiger partial charge in [0.05, 0.1) is 6.54 Å². The molecule has 1 aliphatic rings. The minimum absolute atomic E-state index is 0.104. The van der Waals surface area contributed by atoms with E-state index in [1.54, 1.807) is 19.2 Å². The quantitative estimate of drug-likeness (QED) is 0.531. The van der Waals surface area contributed by atoms with Crippen molar-refractivity contribution in [3.63, 3.8) is 0 Å². The second kappa shape index (κ2) is 11.1. The third kappa shape index (κ3) is 8.13. The smallest absolute Gasteiger partial charge is 0.191 e. The summed E-state index contributed by atoms with van der Waals surface area (Å²) in [6.07, 6.45) is -0.104. The zero-order valence-corrected chi connectivity index (χ0v) is 17.0. The SMILES string of the molecule is CN=C(NCC(C)CN1CCN(C)CC1)NCC(C)Oc1cccc(F)c1. The summed E-state index contributed by atoms with van der Waals surface area (Å²) in [4.78, 5) is 9.17. The van der Waals surface area contributed by atoms with Gasteiger partial charge in [-0.05, 0) is 32.0 Å². The van der Waals surface area contributed by atoms with Gasteiger partial charge in [0, 0.05) is 52.4 Å². The summed E-state index contributed by atoms with van der Waals surface area (Å²) in [6, 6.07) is 6.20. The van der Waals surface area contributed by atoms with Crippen LogP contribution in [0.1, 0.15) is 13.8 Å². The van der Waals surface area contributed by atoms with Gasteiger partial charge in [-0.1, -0.05) is 13.0 Å². The van der Waals surface area contributed by atoms with Gasteiger partial charge in [-0.15, -0.1) is 0 Å². The molecule has 2 N–H and O–H groups in total. The lowest BCUT2D eigenvalue weighted by Gasteiger charge is -2.34. The highest BCUT2D eigenvalue weighted by Crippen LogP contribution is 2.13. The molecule has 0 spiro atoms. The zero-order chi connectivity index (χ0) is 19.6. The molecule has 0 radical (unpaired) electrons. The summed E-state index contributed by atoms with van der Waals surface area (Å²) in [6.45, 7) is 11.3. The molecule has 7 heteroatoms. The molecule has 2 rings (SSSR count). The average molecular weight is 380 g/mol. The first-order valence-electron chi connectivity index (χ1n) is 9.74. The number of benzene rings is 1. The van der Waals surface area contributed by atoms with E-state index in [-0.39, 0.29) is 11.9 Å². The molecule has 2 atom stereocenters. The summed E-state index contributed by atoms with van der Waals surface area (Å²) < 4.78 is 18.9. The molecule has 6 nitrogen and oxygen atoms in total. The Bertz CT molecular complexity index is 589. The van der Waals surface area contributed by atoms with Gasteiger partial charge < -0.3 is 25.2 Å². The van der Waals surface area contributed by atoms with Crippen molar-refractivity contribution >= 4 is 5.96 Å². The molecule has 1 saturated heterocycles. The molecule has 27 heavy (non-hydrogen) atoms. The van der Waals surface area contributed by atoms with Crippen LogP contribution < -0.4 is 15.4 Å². The predicted molar refractivity (Wildman–Crippen MR) is 109 cm³/mol. The van der Waals surface area contributed by atoms with Crippen LogP contribution in [-0.2, 0) is 0 Å². The zero-order valence-electron chi connectivity index (χ0n) is 17.0. The van der Waals surface area contributed by atoms with Crippen molar-refractivity contribution in [1.82, 2.24) is 20.4 Å². The number of aliphatic imine (C=N–C) groups is 1. The van der Waals surface area contributed by atoms with E-state index in [0.29, 0.717) is 18.2 Å². The largest absolute Gasteiger partial charge is 0.489 e. The Morgan fingerprint density at radius 1 is 1.19 bits per heavy atom. The molecule has 1 aliphatic heterocycles. The van der Waals surface area contributed by atoms with Gasteiger partial charge in [-0.2, -0.15) is 0 Å². The predicted octanol–water partition coefficient (Wildman–Crippen LogP) is 1.64. The average Bonchev–Trinajstić information content (AvgIpc) is 2.64. The lowest BCUT2D eigenvalue weighted by atomic mass is 10.1. The normalized spacial score (nSPS) is 18.8. The first kappa shape index (κ1) is 21.4. The molecular formula is C20H34FN5O. The fourth-order valence-corrected chi connectivity index (χ4v) is 3.08. The van der Waals surface area contributed by atoms with Gasteiger partial charge in [0.1, 0.15) is 17.7 Å². The van der Waals surface area contributed by atoms with E-state index in [1.807, 2.05) is 6.92 Å². The number of ether oxygens (including phenoxy) is 1. The van der Waals surface area contributed by atoms with Gasteiger partial charge >= 0.3 is 0 Å². The minimum atomic E-state index is -0.292. The van der Waals surface area contributed by atoms with Gasteiger partial charge in [-0.25, -0.2) is 4.39 Å². The molecule has 2 unspecified atom stereocenters. The van der Waals surface area contributed by atoms with Gasteiger partial charge in [0.15, 0.2) is 5.96 Å². The van der Waals surface area contributed by atoms with E-state index < -0.39 is 0 Å². The van der Waals surface area contributed by atoms with Crippen molar-refractivity contribution < 1.29 is 9.13 Å². The molecule has 0 aromatic heterocycles. The first-order valence-corrected chi connectivity index (χ1v) is 9.74. The number of piperazine rings is 1. The Kier molecular flexibility index (Phi) is 8.81. The van der Waals surface area contributed by atoms with Gasteiger partial charge in [0.25, 0.3) is 0 Å². The van der Waals surface area contributed by atoms with E-state index in [9.17, 15) is 4.39 Å². The van der Waals surface area contributed by atoms with Crippen molar-refractivity contribution in [2.24, 2.45) is 10.9 Å². The molecule has 152 valence electrons. The van der Waals surface area contributed by atoms with Crippen LogP contribution in [0.3, 0.4) is 0 Å². The number of nitrogens with one attached hydrogen (secondary N) is 2. The molecule has 1 heterocycles. The molecule has 0 bridgehead atoms. The second-order valence-corrected chi connectivity index (χ2v) is 7.43. The maximum atomic E-state index is 13.2. The Balaban J connectivity index is 1.66. The molecule has 0 saturated carbocycles. The number of hydrogen-bond acceptors (Lipinski definition) is 4. The van der Waals surface area contributed by atoms with Gasteiger partial charge in [-0.3, -0.25) is 4.99 Å². The molecule has 1 aromatic carbocycles. The van der Waals surface area contributed by atoms with Crippen molar-refractivity contribution in [3.8, 4) is 5.75 Å². The maximum Gasteiger partial charge on any atom is 0.191 e. The Labute approximate surface area is 162 Å². The Hall–Kier alpha value is -1.86. The highest BCUT2D eigenvalue weighted by molar-refractivity contribution is 5.79. The van der Waals surface area contributed by atoms with Crippen molar-refractivity contribution in [2.45, 2.75) is 20.0 Å². The molecule has 1 fully saturated rings. The molecule has 1 aromatic rings. The summed E-state index contributed by atoms with van der Waals surface area (Å²) in [5.74, 6) is 1.54. The standard InChI is InChI=1S/C20H34FN5O/c1-16(15-26-10-8-25(4)9-11-26)13-23-20(22-3)24-14-17(2)27-19-7-5-6-18(21)12-19/h5-7,12,16-17H,8-11,13-15H2,1-4H3,(H2,22,23,24). The second-order valence-electron chi connectivity index (χ2n) is 7.43. The van der Waals surface area contributed by atoms with Crippen LogP contribution >= 0.6 is 0 Å². The summed E-state index contributed by atoms with van der Waals surface area (Å²) in [5, 5.41) is 6.65. The van der Waals surface area contributed by atoms with Crippen LogP contribution in [0.2, 0.25) is 0 Å². The number of nitrogens with zero attached hydrogens (tertiary/aromatic N) is 3. The number of halogens is 1. The topological polar surface area (TPSA) is 52.1 Å². The summed E-state index contributed by atoms with van der Waals surface area (Å²) in [5.41, 5.74) is 0. The lowest BCUT2D eigenvalue weighted by Crippen LogP contribution is -2.48. The number of rotatable bonds is 8. The van der Waals surface area contributed by atoms with Crippen LogP contribution in [0.4, 0.5) is 4.39 Å². The molecule has 0 amide bonds. The van der Waals surface area contributed by atoms with Crippen molar-refractivity contribution in [2.75, 3.05) is 59.9 Å². The highest BCUT2D eigenvalue weighted by atomic mass is 19.1. The van der Waals surface area contributed by atoms with E-state index in [1.165, 1.54) is 12.1 Å². The number of hydrogen-bond donors (Lipinski definition) is 2. The van der Waals surface area contributed by atoms with E-state index in [2.05, 4.69) is 39.4 Å². The number of likely N-dealkylation sites (N-methyl/N-ethyl adjacent to an activating group) is 1. The van der Waals surface area contributed by atoms with Gasteiger partial charge in [0.2, 0.25) is 0 Å². The monoisotopic (exact) mass is 379 g/mol. The van der Waals surface area contributed by atoms with E-state index in [0.717, 1.165) is 45.2 Å². The number of guanidine groups is 1. The van der Waals surface area contributed by atoms with Crippen LogP contribution in [0.25, 0.3) is 0 Å². The minimum Gasteiger partial charge on any atom is -0.489 e. The molecular weight excluding hydrogens is 345 g/mol.